The van der Waals surface area contributed by atoms with Crippen LogP contribution in [0, 0.1) is 0 Å². The van der Waals surface area contributed by atoms with Crippen molar-refractivity contribution in [1.82, 2.24) is 4.98 Å². The molecule has 0 bridgehead atoms. The van der Waals surface area contributed by atoms with Crippen molar-refractivity contribution in [3.05, 3.63) is 59.4 Å². The lowest BCUT2D eigenvalue weighted by Gasteiger charge is -2.09. The smallest absolute Gasteiger partial charge is 0.184 e. The number of benzene rings is 1. The molecule has 0 spiro atoms. The molecule has 2 heterocycles. The first-order valence-electron chi connectivity index (χ1n) is 7.62. The van der Waals surface area contributed by atoms with Crippen LogP contribution < -0.4 is 4.74 Å². The quantitative estimate of drug-likeness (QED) is 0.841. The Morgan fingerprint density at radius 1 is 1.22 bits per heavy atom. The Labute approximate surface area is 140 Å². The van der Waals surface area contributed by atoms with Gasteiger partial charge in [0.05, 0.1) is 25.1 Å². The minimum atomic E-state index is 0.604. The van der Waals surface area contributed by atoms with E-state index in [1.165, 1.54) is 5.56 Å². The zero-order chi connectivity index (χ0) is 16.1. The molecule has 0 atom stereocenters. The maximum absolute atomic E-state index is 5.52. The number of aromatic nitrogens is 1. The van der Waals surface area contributed by atoms with Crippen molar-refractivity contribution < 1.29 is 4.74 Å². The number of hydrogen-bond acceptors (Lipinski definition) is 5. The maximum Gasteiger partial charge on any atom is 0.184 e. The number of aliphatic imine (C=N–C) groups is 2. The van der Waals surface area contributed by atoms with Crippen molar-refractivity contribution >= 4 is 22.6 Å². The number of hydrogen-bond donors (Lipinski definition) is 0. The highest BCUT2D eigenvalue weighted by Crippen LogP contribution is 2.25. The Balaban J connectivity index is 1.71. The first-order chi connectivity index (χ1) is 11.3. The van der Waals surface area contributed by atoms with E-state index in [1.807, 2.05) is 18.2 Å². The maximum atomic E-state index is 5.52. The Hall–Kier alpha value is -2.14. The SMILES string of the molecule is CCc1ccc(C2=NC(SCc3ccccn3)=NC2)c(OC)c1. The third-order valence-electron chi connectivity index (χ3n) is 3.66. The molecule has 2 aromatic rings. The Kier molecular flexibility index (Phi) is 5.08. The van der Waals surface area contributed by atoms with Gasteiger partial charge in [-0.1, -0.05) is 30.8 Å². The molecular weight excluding hydrogens is 306 g/mol. The minimum absolute atomic E-state index is 0.604. The molecule has 0 saturated carbocycles. The molecule has 0 amide bonds. The van der Waals surface area contributed by atoms with Crippen molar-refractivity contribution in [2.75, 3.05) is 13.7 Å². The summed E-state index contributed by atoms with van der Waals surface area (Å²) in [5.74, 6) is 1.65. The number of amidine groups is 1. The largest absolute Gasteiger partial charge is 0.496 e. The summed E-state index contributed by atoms with van der Waals surface area (Å²) in [5.41, 5.74) is 4.29. The van der Waals surface area contributed by atoms with Gasteiger partial charge in [-0.05, 0) is 36.2 Å². The van der Waals surface area contributed by atoms with E-state index in [0.717, 1.165) is 40.1 Å². The van der Waals surface area contributed by atoms with Gasteiger partial charge in [0, 0.05) is 17.5 Å². The summed E-state index contributed by atoms with van der Waals surface area (Å²) in [6, 6.07) is 12.2. The highest BCUT2D eigenvalue weighted by atomic mass is 32.2. The molecule has 118 valence electrons. The van der Waals surface area contributed by atoms with Crippen molar-refractivity contribution in [1.29, 1.82) is 0 Å². The summed E-state index contributed by atoms with van der Waals surface area (Å²) < 4.78 is 5.52. The molecule has 1 aromatic carbocycles. The van der Waals surface area contributed by atoms with Gasteiger partial charge < -0.3 is 4.74 Å². The van der Waals surface area contributed by atoms with Gasteiger partial charge in [-0.25, -0.2) is 4.99 Å². The molecule has 1 aromatic heterocycles. The Bertz CT molecular complexity index is 741. The van der Waals surface area contributed by atoms with E-state index in [4.69, 9.17) is 4.74 Å². The summed E-state index contributed by atoms with van der Waals surface area (Å²) >= 11 is 1.62. The van der Waals surface area contributed by atoms with E-state index < -0.39 is 0 Å². The second-order valence-corrected chi connectivity index (χ2v) is 6.10. The summed E-state index contributed by atoms with van der Waals surface area (Å²) in [4.78, 5) is 13.5. The lowest BCUT2D eigenvalue weighted by atomic mass is 10.0. The van der Waals surface area contributed by atoms with Crippen molar-refractivity contribution in [3.63, 3.8) is 0 Å². The van der Waals surface area contributed by atoms with E-state index in [9.17, 15) is 0 Å². The molecular formula is C18H19N3OS. The third kappa shape index (κ3) is 3.79. The first-order valence-corrected chi connectivity index (χ1v) is 8.60. The normalized spacial score (nSPS) is 13.7. The van der Waals surface area contributed by atoms with Gasteiger partial charge in [0.15, 0.2) is 5.17 Å². The molecule has 0 N–H and O–H groups in total. The zero-order valence-electron chi connectivity index (χ0n) is 13.3. The van der Waals surface area contributed by atoms with Crippen LogP contribution in [0.3, 0.4) is 0 Å². The number of thioether (sulfide) groups is 1. The van der Waals surface area contributed by atoms with Crippen LogP contribution in [0.15, 0.2) is 52.6 Å². The topological polar surface area (TPSA) is 46.8 Å². The van der Waals surface area contributed by atoms with Gasteiger partial charge in [0.25, 0.3) is 0 Å². The molecule has 1 aliphatic heterocycles. The van der Waals surface area contributed by atoms with Crippen LogP contribution in [-0.4, -0.2) is 29.5 Å². The summed E-state index contributed by atoms with van der Waals surface area (Å²) in [5, 5.41) is 0.812. The molecule has 0 saturated heterocycles. The second kappa shape index (κ2) is 7.42. The molecule has 0 radical (unpaired) electrons. The van der Waals surface area contributed by atoms with E-state index in [1.54, 1.807) is 25.1 Å². The monoisotopic (exact) mass is 325 g/mol. The minimum Gasteiger partial charge on any atom is -0.496 e. The van der Waals surface area contributed by atoms with Crippen LogP contribution in [0.25, 0.3) is 0 Å². The van der Waals surface area contributed by atoms with Crippen LogP contribution in [0.1, 0.15) is 23.7 Å². The number of nitrogens with zero attached hydrogens (tertiary/aromatic N) is 3. The van der Waals surface area contributed by atoms with E-state index in [2.05, 4.69) is 40.1 Å². The molecule has 0 fully saturated rings. The molecule has 0 unspecified atom stereocenters. The fourth-order valence-corrected chi connectivity index (χ4v) is 3.15. The fraction of sp³-hybridized carbons (Fsp3) is 0.278. The van der Waals surface area contributed by atoms with Gasteiger partial charge in [-0.2, -0.15) is 0 Å². The molecule has 5 heteroatoms. The van der Waals surface area contributed by atoms with Gasteiger partial charge in [0.1, 0.15) is 5.75 Å². The molecule has 4 nitrogen and oxygen atoms in total. The molecule has 3 rings (SSSR count). The van der Waals surface area contributed by atoms with Crippen LogP contribution in [0.4, 0.5) is 0 Å². The third-order valence-corrected chi connectivity index (χ3v) is 4.57. The van der Waals surface area contributed by atoms with E-state index in [-0.39, 0.29) is 0 Å². The van der Waals surface area contributed by atoms with Gasteiger partial charge in [-0.15, -0.1) is 0 Å². The van der Waals surface area contributed by atoms with Crippen LogP contribution in [-0.2, 0) is 12.2 Å². The number of rotatable bonds is 5. The highest BCUT2D eigenvalue weighted by molar-refractivity contribution is 8.13. The highest BCUT2D eigenvalue weighted by Gasteiger charge is 2.16. The Morgan fingerprint density at radius 2 is 2.13 bits per heavy atom. The van der Waals surface area contributed by atoms with Gasteiger partial charge in [-0.3, -0.25) is 9.98 Å². The average Bonchev–Trinajstić information content (AvgIpc) is 3.09. The average molecular weight is 325 g/mol. The van der Waals surface area contributed by atoms with Gasteiger partial charge in [0.2, 0.25) is 0 Å². The standard InChI is InChI=1S/C18H19N3OS/c1-3-13-7-8-15(17(10-13)22-2)16-11-20-18(21-16)23-12-14-6-4-5-9-19-14/h4-10H,3,11-12H2,1-2H3. The van der Waals surface area contributed by atoms with E-state index in [0.29, 0.717) is 6.54 Å². The predicted molar refractivity (Wildman–Crippen MR) is 96.7 cm³/mol. The predicted octanol–water partition coefficient (Wildman–Crippen LogP) is 3.74. The van der Waals surface area contributed by atoms with Crippen LogP contribution in [0.5, 0.6) is 5.75 Å². The van der Waals surface area contributed by atoms with Crippen LogP contribution in [0.2, 0.25) is 0 Å². The second-order valence-electron chi connectivity index (χ2n) is 5.16. The number of aryl methyl sites for hydroxylation is 1. The molecule has 23 heavy (non-hydrogen) atoms. The number of ether oxygens (including phenoxy) is 1. The van der Waals surface area contributed by atoms with Crippen molar-refractivity contribution in [2.45, 2.75) is 19.1 Å². The molecule has 0 aliphatic carbocycles. The first kappa shape index (κ1) is 15.7. The zero-order valence-corrected chi connectivity index (χ0v) is 14.1. The Morgan fingerprint density at radius 3 is 2.87 bits per heavy atom. The van der Waals surface area contributed by atoms with Crippen molar-refractivity contribution in [3.8, 4) is 5.75 Å². The van der Waals surface area contributed by atoms with E-state index >= 15 is 0 Å². The summed E-state index contributed by atoms with van der Waals surface area (Å²) in [7, 11) is 1.70. The number of pyridine rings is 1. The summed E-state index contributed by atoms with van der Waals surface area (Å²) in [6.07, 6.45) is 2.80. The fourth-order valence-electron chi connectivity index (χ4n) is 2.37. The molecule has 1 aliphatic rings. The summed E-state index contributed by atoms with van der Waals surface area (Å²) in [6.45, 7) is 2.74. The lowest BCUT2D eigenvalue weighted by Crippen LogP contribution is -2.05. The van der Waals surface area contributed by atoms with Crippen LogP contribution >= 0.6 is 11.8 Å². The van der Waals surface area contributed by atoms with Crippen molar-refractivity contribution in [2.24, 2.45) is 9.98 Å². The van der Waals surface area contributed by atoms with Gasteiger partial charge >= 0.3 is 0 Å². The number of methoxy groups -OCH3 is 1. The lowest BCUT2D eigenvalue weighted by molar-refractivity contribution is 0.413.